The van der Waals surface area contributed by atoms with E-state index in [1.807, 2.05) is 12.2 Å². The molecule has 0 aliphatic heterocycles. The molecule has 0 aromatic heterocycles. The Bertz CT molecular complexity index is 329. The Labute approximate surface area is 83.4 Å². The quantitative estimate of drug-likeness (QED) is 0.545. The highest BCUT2D eigenvalue weighted by atomic mass is 16.1. The van der Waals surface area contributed by atoms with Crippen molar-refractivity contribution in [1.29, 1.82) is 0 Å². The maximum atomic E-state index is 11.8. The third-order valence-corrected chi connectivity index (χ3v) is 4.07. The van der Waals surface area contributed by atoms with Crippen LogP contribution >= 0.6 is 0 Å². The third-order valence-electron chi connectivity index (χ3n) is 4.07. The molecule has 0 amide bonds. The van der Waals surface area contributed by atoms with E-state index in [4.69, 9.17) is 0 Å². The lowest BCUT2D eigenvalue weighted by Gasteiger charge is -2.22. The molecule has 0 aromatic rings. The lowest BCUT2D eigenvalue weighted by Crippen LogP contribution is -2.25. The van der Waals surface area contributed by atoms with Crippen molar-refractivity contribution >= 4 is 11.6 Å². The fourth-order valence-corrected chi connectivity index (χ4v) is 3.44. The van der Waals surface area contributed by atoms with Gasteiger partial charge in [-0.15, -0.1) is 0 Å². The fraction of sp³-hybridized carbons (Fsp3) is 0.667. The molecule has 0 unspecified atom stereocenters. The van der Waals surface area contributed by atoms with Crippen LogP contribution in [0.15, 0.2) is 12.2 Å². The smallest absolute Gasteiger partial charge is 0.147 e. The summed E-state index contributed by atoms with van der Waals surface area (Å²) < 4.78 is 0. The summed E-state index contributed by atoms with van der Waals surface area (Å²) in [4.78, 5) is 23.6. The lowest BCUT2D eigenvalue weighted by atomic mass is 9.79. The highest BCUT2D eigenvalue weighted by molar-refractivity contribution is 5.99. The minimum absolute atomic E-state index is 0.0457. The Hall–Kier alpha value is -0.920. The summed E-state index contributed by atoms with van der Waals surface area (Å²) in [6.07, 6.45) is 7.93. The van der Waals surface area contributed by atoms with Gasteiger partial charge in [0.05, 0.1) is 0 Å². The van der Waals surface area contributed by atoms with Gasteiger partial charge in [-0.2, -0.15) is 0 Å². The number of hydrogen-bond donors (Lipinski definition) is 0. The highest BCUT2D eigenvalue weighted by Crippen LogP contribution is 2.49. The molecule has 2 nitrogen and oxygen atoms in total. The second-order valence-electron chi connectivity index (χ2n) is 4.74. The minimum atomic E-state index is -0.0457. The number of rotatable bonds is 0. The largest absolute Gasteiger partial charge is 0.299 e. The van der Waals surface area contributed by atoms with Crippen LogP contribution in [-0.2, 0) is 9.59 Å². The first-order valence-electron chi connectivity index (χ1n) is 5.54. The first kappa shape index (κ1) is 8.39. The number of allylic oxidation sites excluding steroid dienone is 2. The molecule has 3 aliphatic carbocycles. The predicted octanol–water partition coefficient (Wildman–Crippen LogP) is 1.75. The standard InChI is InChI=1S/C12H14O2/c13-10-4-2-1-3-7-8-5-6-9(11(7)10)12(8)14/h5-9,11H,1-4H2/t7-,8-,9-,11+/m0/s1. The van der Waals surface area contributed by atoms with Crippen molar-refractivity contribution in [2.75, 3.05) is 0 Å². The van der Waals surface area contributed by atoms with Crippen molar-refractivity contribution in [3.8, 4) is 0 Å². The Morgan fingerprint density at radius 3 is 2.71 bits per heavy atom. The molecule has 2 bridgehead atoms. The second kappa shape index (κ2) is 2.78. The van der Waals surface area contributed by atoms with E-state index in [0.29, 0.717) is 23.9 Å². The van der Waals surface area contributed by atoms with Crippen molar-refractivity contribution < 1.29 is 9.59 Å². The van der Waals surface area contributed by atoms with Gasteiger partial charge in [0.1, 0.15) is 11.6 Å². The SMILES string of the molecule is O=C1CCCC[C@@H]2[C@@H]1[C@@H]1C=C[C@@H]2C1=O. The van der Waals surface area contributed by atoms with Gasteiger partial charge < -0.3 is 0 Å². The molecule has 74 valence electrons. The molecule has 0 saturated heterocycles. The van der Waals surface area contributed by atoms with E-state index in [0.717, 1.165) is 19.3 Å². The number of ketones is 2. The molecule has 14 heavy (non-hydrogen) atoms. The number of Topliss-reactive ketones (excluding diaryl/α,β-unsaturated/α-hetero) is 2. The summed E-state index contributed by atoms with van der Waals surface area (Å²) in [6.45, 7) is 0. The van der Waals surface area contributed by atoms with Crippen molar-refractivity contribution in [3.63, 3.8) is 0 Å². The molecular formula is C12H14O2. The van der Waals surface area contributed by atoms with E-state index < -0.39 is 0 Å². The Balaban J connectivity index is 2.00. The van der Waals surface area contributed by atoms with Crippen molar-refractivity contribution in [2.45, 2.75) is 25.7 Å². The van der Waals surface area contributed by atoms with Crippen LogP contribution in [0.5, 0.6) is 0 Å². The van der Waals surface area contributed by atoms with Gasteiger partial charge in [0.2, 0.25) is 0 Å². The van der Waals surface area contributed by atoms with Crippen LogP contribution < -0.4 is 0 Å². The minimum Gasteiger partial charge on any atom is -0.299 e. The molecule has 0 heterocycles. The van der Waals surface area contributed by atoms with Crippen LogP contribution in [0.1, 0.15) is 25.7 Å². The summed E-state index contributed by atoms with van der Waals surface area (Å²) in [5, 5.41) is 0. The molecule has 2 fully saturated rings. The van der Waals surface area contributed by atoms with Crippen LogP contribution in [0.25, 0.3) is 0 Å². The normalized spacial score (nSPS) is 45.4. The predicted molar refractivity (Wildman–Crippen MR) is 51.6 cm³/mol. The molecule has 0 aromatic carbocycles. The highest BCUT2D eigenvalue weighted by Gasteiger charge is 2.53. The fourth-order valence-electron chi connectivity index (χ4n) is 3.44. The number of carbonyl (C=O) groups excluding carboxylic acids is 2. The molecule has 2 saturated carbocycles. The van der Waals surface area contributed by atoms with Gasteiger partial charge in [-0.3, -0.25) is 9.59 Å². The van der Waals surface area contributed by atoms with Crippen molar-refractivity contribution in [2.24, 2.45) is 23.7 Å². The van der Waals surface area contributed by atoms with E-state index in [2.05, 4.69) is 0 Å². The lowest BCUT2D eigenvalue weighted by molar-refractivity contribution is -0.127. The third kappa shape index (κ3) is 0.915. The maximum absolute atomic E-state index is 11.8. The van der Waals surface area contributed by atoms with Crippen LogP contribution in [0.3, 0.4) is 0 Å². The van der Waals surface area contributed by atoms with E-state index in [9.17, 15) is 9.59 Å². The van der Waals surface area contributed by atoms with E-state index in [1.165, 1.54) is 0 Å². The summed E-state index contributed by atoms with van der Waals surface area (Å²) in [5.74, 6) is 1.11. The topological polar surface area (TPSA) is 34.1 Å². The summed E-state index contributed by atoms with van der Waals surface area (Å²) >= 11 is 0. The Kier molecular flexibility index (Phi) is 1.67. The van der Waals surface area contributed by atoms with Gasteiger partial charge in [-0.1, -0.05) is 18.6 Å². The summed E-state index contributed by atoms with van der Waals surface area (Å²) in [7, 11) is 0. The zero-order chi connectivity index (χ0) is 9.71. The van der Waals surface area contributed by atoms with E-state index in [1.54, 1.807) is 0 Å². The first-order valence-corrected chi connectivity index (χ1v) is 5.54. The second-order valence-corrected chi connectivity index (χ2v) is 4.74. The van der Waals surface area contributed by atoms with Crippen LogP contribution in [0.2, 0.25) is 0 Å². The van der Waals surface area contributed by atoms with Crippen LogP contribution in [0, 0.1) is 23.7 Å². The maximum Gasteiger partial charge on any atom is 0.147 e. The Morgan fingerprint density at radius 2 is 1.86 bits per heavy atom. The van der Waals surface area contributed by atoms with Gasteiger partial charge in [0.25, 0.3) is 0 Å². The molecule has 4 atom stereocenters. The molecule has 0 N–H and O–H groups in total. The van der Waals surface area contributed by atoms with Crippen molar-refractivity contribution in [3.05, 3.63) is 12.2 Å². The number of carbonyl (C=O) groups is 2. The zero-order valence-corrected chi connectivity index (χ0v) is 8.11. The molecule has 2 heteroatoms. The summed E-state index contributed by atoms with van der Waals surface area (Å²) in [5.41, 5.74) is 0. The Morgan fingerprint density at radius 1 is 1.07 bits per heavy atom. The van der Waals surface area contributed by atoms with Gasteiger partial charge in [0.15, 0.2) is 0 Å². The van der Waals surface area contributed by atoms with Crippen molar-refractivity contribution in [1.82, 2.24) is 0 Å². The number of hydrogen-bond acceptors (Lipinski definition) is 2. The van der Waals surface area contributed by atoms with Crippen LogP contribution in [-0.4, -0.2) is 11.6 Å². The molecule has 3 rings (SSSR count). The monoisotopic (exact) mass is 190 g/mol. The van der Waals surface area contributed by atoms with Gasteiger partial charge >= 0.3 is 0 Å². The summed E-state index contributed by atoms with van der Waals surface area (Å²) in [6, 6.07) is 0. The van der Waals surface area contributed by atoms with E-state index >= 15 is 0 Å². The molecule has 3 aliphatic rings. The molecular weight excluding hydrogens is 176 g/mol. The van der Waals surface area contributed by atoms with Gasteiger partial charge in [0, 0.05) is 24.2 Å². The number of fused-ring (bicyclic) bond motifs is 5. The molecule has 0 spiro atoms. The van der Waals surface area contributed by atoms with Gasteiger partial charge in [-0.05, 0) is 18.8 Å². The first-order chi connectivity index (χ1) is 6.79. The van der Waals surface area contributed by atoms with Crippen LogP contribution in [0.4, 0.5) is 0 Å². The average Bonchev–Trinajstić information content (AvgIpc) is 2.57. The van der Waals surface area contributed by atoms with E-state index in [-0.39, 0.29) is 17.8 Å². The zero-order valence-electron chi connectivity index (χ0n) is 8.11. The van der Waals surface area contributed by atoms with Gasteiger partial charge in [-0.25, -0.2) is 0 Å². The average molecular weight is 190 g/mol. The molecule has 0 radical (unpaired) electrons.